The Labute approximate surface area is 251 Å². The number of hydrogen-bond acceptors (Lipinski definition) is 4. The van der Waals surface area contributed by atoms with E-state index in [1.165, 1.54) is 0 Å². The largest absolute Gasteiger partial charge is 0.456 e. The first-order chi connectivity index (χ1) is 21.8. The number of furan rings is 2. The first kappa shape index (κ1) is 23.6. The quantitative estimate of drug-likeness (QED) is 0.214. The number of ether oxygens (including phenoxy) is 1. The second-order valence-corrected chi connectivity index (χ2v) is 11.2. The van der Waals surface area contributed by atoms with Crippen LogP contribution < -0.4 is 9.64 Å². The lowest BCUT2D eigenvalue weighted by Gasteiger charge is -2.29. The molecule has 0 unspecified atom stereocenters. The molecule has 0 aliphatic carbocycles. The van der Waals surface area contributed by atoms with Crippen LogP contribution in [0, 0.1) is 0 Å². The van der Waals surface area contributed by atoms with Crippen molar-refractivity contribution in [2.24, 2.45) is 0 Å². The zero-order chi connectivity index (χ0) is 28.8. The third kappa shape index (κ3) is 3.17. The summed E-state index contributed by atoms with van der Waals surface area (Å²) < 4.78 is 19.7. The van der Waals surface area contributed by atoms with Crippen LogP contribution in [0.4, 0.5) is 17.1 Å². The van der Waals surface area contributed by atoms with Crippen LogP contribution in [0.2, 0.25) is 0 Å². The predicted molar refractivity (Wildman–Crippen MR) is 179 cm³/mol. The van der Waals surface area contributed by atoms with Gasteiger partial charge in [-0.15, -0.1) is 0 Å². The number of rotatable bonds is 3. The second-order valence-electron chi connectivity index (χ2n) is 11.2. The van der Waals surface area contributed by atoms with Crippen molar-refractivity contribution < 1.29 is 13.6 Å². The fourth-order valence-corrected chi connectivity index (χ4v) is 6.96. The van der Waals surface area contributed by atoms with E-state index in [-0.39, 0.29) is 0 Å². The Morgan fingerprint density at radius 1 is 0.364 bits per heavy atom. The smallest absolute Gasteiger partial charge is 0.159 e. The SMILES string of the molecule is c1ccc2c(c1)Oc1cccc3c(N(c4cccc5c4oc4ccccc45)c4cccc5c4oc4ccccc45)ccc-2c13. The van der Waals surface area contributed by atoms with E-state index in [1.807, 2.05) is 36.4 Å². The van der Waals surface area contributed by atoms with Gasteiger partial charge in [-0.1, -0.05) is 97.1 Å². The molecule has 3 heterocycles. The molecule has 44 heavy (non-hydrogen) atoms. The van der Waals surface area contributed by atoms with Crippen molar-refractivity contribution in [3.8, 4) is 22.6 Å². The van der Waals surface area contributed by atoms with Crippen molar-refractivity contribution in [1.82, 2.24) is 0 Å². The lowest BCUT2D eigenvalue weighted by molar-refractivity contribution is 0.487. The molecule has 9 aromatic rings. The number of nitrogens with zero attached hydrogens (tertiary/aromatic N) is 1. The van der Waals surface area contributed by atoms with Crippen molar-refractivity contribution >= 4 is 71.7 Å². The molecule has 0 radical (unpaired) electrons. The van der Waals surface area contributed by atoms with Gasteiger partial charge >= 0.3 is 0 Å². The van der Waals surface area contributed by atoms with Crippen LogP contribution in [0.3, 0.4) is 0 Å². The number of fused-ring (bicyclic) bond motifs is 8. The van der Waals surface area contributed by atoms with E-state index in [0.29, 0.717) is 0 Å². The van der Waals surface area contributed by atoms with Gasteiger partial charge in [-0.05, 0) is 48.0 Å². The summed E-state index contributed by atoms with van der Waals surface area (Å²) in [5, 5.41) is 6.49. The summed E-state index contributed by atoms with van der Waals surface area (Å²) in [5.74, 6) is 1.72. The van der Waals surface area contributed by atoms with Crippen LogP contribution in [-0.2, 0) is 0 Å². The standard InChI is InChI=1S/C40H23NO3/c1-4-18-34-24(10-1)27-22-23-31(30-15-9-21-37(42-34)38(27)30)41(32-16-7-13-28-25-11-2-5-19-35(25)43-39(28)32)33-17-8-14-29-26-12-3-6-20-36(26)44-40(29)33/h1-23H. The average molecular weight is 566 g/mol. The predicted octanol–water partition coefficient (Wildman–Crippen LogP) is 11.9. The Kier molecular flexibility index (Phi) is 4.69. The van der Waals surface area contributed by atoms with Gasteiger partial charge in [-0.25, -0.2) is 0 Å². The molecule has 0 saturated carbocycles. The lowest BCUT2D eigenvalue weighted by atomic mass is 9.93. The van der Waals surface area contributed by atoms with Crippen molar-refractivity contribution in [3.63, 3.8) is 0 Å². The Morgan fingerprint density at radius 2 is 0.909 bits per heavy atom. The highest BCUT2D eigenvalue weighted by Gasteiger charge is 2.27. The molecule has 1 aliphatic rings. The van der Waals surface area contributed by atoms with Gasteiger partial charge in [-0.2, -0.15) is 0 Å². The van der Waals surface area contributed by atoms with Gasteiger partial charge in [0.05, 0.1) is 17.1 Å². The van der Waals surface area contributed by atoms with Gasteiger partial charge in [0.1, 0.15) is 22.7 Å². The monoisotopic (exact) mass is 565 g/mol. The van der Waals surface area contributed by atoms with Crippen LogP contribution in [-0.4, -0.2) is 0 Å². The third-order valence-corrected chi connectivity index (χ3v) is 8.87. The molecule has 1 aliphatic heterocycles. The molecule has 7 aromatic carbocycles. The topological polar surface area (TPSA) is 38.8 Å². The molecular weight excluding hydrogens is 542 g/mol. The fourth-order valence-electron chi connectivity index (χ4n) is 6.96. The molecule has 0 amide bonds. The van der Waals surface area contributed by atoms with E-state index in [9.17, 15) is 0 Å². The summed E-state index contributed by atoms with van der Waals surface area (Å²) in [7, 11) is 0. The number of anilines is 3. The van der Waals surface area contributed by atoms with E-state index in [1.54, 1.807) is 0 Å². The van der Waals surface area contributed by atoms with Crippen molar-refractivity contribution in [2.45, 2.75) is 0 Å². The van der Waals surface area contributed by atoms with E-state index in [0.717, 1.165) is 94.3 Å². The molecule has 0 spiro atoms. The summed E-state index contributed by atoms with van der Waals surface area (Å²) in [6.45, 7) is 0. The maximum atomic E-state index is 6.62. The Balaban J connectivity index is 1.34. The zero-order valence-corrected chi connectivity index (χ0v) is 23.5. The molecule has 0 bridgehead atoms. The number of para-hydroxylation sites is 5. The second kappa shape index (κ2) is 8.76. The average Bonchev–Trinajstić information content (AvgIpc) is 3.65. The maximum Gasteiger partial charge on any atom is 0.159 e. The molecule has 206 valence electrons. The maximum absolute atomic E-state index is 6.62. The highest BCUT2D eigenvalue weighted by Crippen LogP contribution is 2.52. The van der Waals surface area contributed by atoms with E-state index >= 15 is 0 Å². The van der Waals surface area contributed by atoms with Gasteiger partial charge in [0, 0.05) is 37.9 Å². The molecule has 2 aromatic heterocycles. The van der Waals surface area contributed by atoms with E-state index in [4.69, 9.17) is 13.6 Å². The van der Waals surface area contributed by atoms with Crippen LogP contribution in [0.1, 0.15) is 0 Å². The summed E-state index contributed by atoms with van der Waals surface area (Å²) in [4.78, 5) is 2.29. The molecular formula is C40H23NO3. The summed E-state index contributed by atoms with van der Waals surface area (Å²) in [6, 6.07) is 48.1. The summed E-state index contributed by atoms with van der Waals surface area (Å²) >= 11 is 0. The molecule has 4 nitrogen and oxygen atoms in total. The van der Waals surface area contributed by atoms with Crippen molar-refractivity contribution in [1.29, 1.82) is 0 Å². The van der Waals surface area contributed by atoms with Gasteiger partial charge in [-0.3, -0.25) is 0 Å². The fraction of sp³-hybridized carbons (Fsp3) is 0. The van der Waals surface area contributed by atoms with Gasteiger partial charge in [0.2, 0.25) is 0 Å². The first-order valence-electron chi connectivity index (χ1n) is 14.8. The van der Waals surface area contributed by atoms with Gasteiger partial charge in [0.15, 0.2) is 11.2 Å². The molecule has 0 saturated heterocycles. The van der Waals surface area contributed by atoms with Crippen LogP contribution in [0.5, 0.6) is 11.5 Å². The number of benzene rings is 7. The van der Waals surface area contributed by atoms with Gasteiger partial charge < -0.3 is 18.5 Å². The minimum absolute atomic E-state index is 0.823. The summed E-state index contributed by atoms with van der Waals surface area (Å²) in [6.07, 6.45) is 0. The Hall–Kier alpha value is -6.00. The molecule has 4 heteroatoms. The highest BCUT2D eigenvalue weighted by molar-refractivity contribution is 6.17. The van der Waals surface area contributed by atoms with Crippen molar-refractivity contribution in [3.05, 3.63) is 140 Å². The molecule has 0 N–H and O–H groups in total. The third-order valence-electron chi connectivity index (χ3n) is 8.87. The van der Waals surface area contributed by atoms with E-state index < -0.39 is 0 Å². The highest BCUT2D eigenvalue weighted by atomic mass is 16.5. The van der Waals surface area contributed by atoms with Crippen molar-refractivity contribution in [2.75, 3.05) is 4.90 Å². The minimum atomic E-state index is 0.823. The Bertz CT molecular complexity index is 2490. The van der Waals surface area contributed by atoms with Gasteiger partial charge in [0.25, 0.3) is 0 Å². The number of hydrogen-bond donors (Lipinski definition) is 0. The minimum Gasteiger partial charge on any atom is -0.456 e. The zero-order valence-electron chi connectivity index (χ0n) is 23.5. The first-order valence-corrected chi connectivity index (χ1v) is 14.8. The molecule has 10 rings (SSSR count). The molecule has 0 atom stereocenters. The van der Waals surface area contributed by atoms with Crippen LogP contribution in [0.25, 0.3) is 65.8 Å². The lowest BCUT2D eigenvalue weighted by Crippen LogP contribution is -2.12. The van der Waals surface area contributed by atoms with Crippen LogP contribution >= 0.6 is 0 Å². The van der Waals surface area contributed by atoms with E-state index in [2.05, 4.69) is 108 Å². The van der Waals surface area contributed by atoms with Crippen LogP contribution in [0.15, 0.2) is 148 Å². The normalized spacial score (nSPS) is 12.3. The Morgan fingerprint density at radius 3 is 1.61 bits per heavy atom. The molecule has 0 fully saturated rings. The summed E-state index contributed by atoms with van der Waals surface area (Å²) in [5.41, 5.74) is 8.49.